The number of ether oxygens (including phenoxy) is 1. The van der Waals surface area contributed by atoms with E-state index in [9.17, 15) is 17.6 Å². The van der Waals surface area contributed by atoms with E-state index in [1.165, 1.54) is 12.1 Å². The fourth-order valence-corrected chi connectivity index (χ4v) is 1.82. The number of hydrogen-bond acceptors (Lipinski definition) is 4. The number of carbonyl (C=O) groups excluding carboxylic acids is 1. The van der Waals surface area contributed by atoms with Gasteiger partial charge in [0.15, 0.2) is 0 Å². The Morgan fingerprint density at radius 3 is 2.47 bits per heavy atom. The van der Waals surface area contributed by atoms with Crippen molar-refractivity contribution in [2.45, 2.75) is 32.1 Å². The fraction of sp³-hybridized carbons (Fsp3) is 0.417. The fourth-order valence-electron chi connectivity index (χ4n) is 1.32. The Morgan fingerprint density at radius 2 is 2.00 bits per heavy atom. The molecule has 0 saturated carbocycles. The molecule has 0 aliphatic carbocycles. The minimum Gasteiger partial charge on any atom is -0.444 e. The van der Waals surface area contributed by atoms with E-state index in [4.69, 9.17) is 4.74 Å². The first-order chi connectivity index (χ1) is 8.67. The number of carbonyl (C=O) groups is 1. The summed E-state index contributed by atoms with van der Waals surface area (Å²) in [4.78, 5) is 11.4. The molecule has 1 rings (SSSR count). The van der Waals surface area contributed by atoms with Crippen molar-refractivity contribution in [2.24, 2.45) is 0 Å². The summed E-state index contributed by atoms with van der Waals surface area (Å²) >= 11 is 0. The molecule has 1 N–H and O–H groups in total. The van der Waals surface area contributed by atoms with E-state index in [0.717, 1.165) is 6.07 Å². The predicted molar refractivity (Wildman–Crippen MR) is 70.3 cm³/mol. The molecule has 1 aromatic rings. The van der Waals surface area contributed by atoms with Crippen molar-refractivity contribution in [2.75, 3.05) is 5.32 Å². The number of rotatable bonds is 3. The number of amides is 1. The van der Waals surface area contributed by atoms with Gasteiger partial charge in [0.2, 0.25) is 0 Å². The summed E-state index contributed by atoms with van der Waals surface area (Å²) in [5, 5.41) is 2.26. The van der Waals surface area contributed by atoms with Crippen molar-refractivity contribution < 1.29 is 22.3 Å². The summed E-state index contributed by atoms with van der Waals surface area (Å²) in [6, 6.07) is 3.80. The molecular formula is C12H16FNO4S. The first-order valence-corrected chi connectivity index (χ1v) is 6.94. The minimum atomic E-state index is -2.61. The SMILES string of the molecule is CC(C)(C)OC(=O)Nc1ccc(C[SH](=O)=O)cc1F. The molecule has 0 radical (unpaired) electrons. The lowest BCUT2D eigenvalue weighted by Gasteiger charge is -2.19. The molecule has 1 amide bonds. The highest BCUT2D eigenvalue weighted by Crippen LogP contribution is 2.17. The van der Waals surface area contributed by atoms with Gasteiger partial charge in [0.25, 0.3) is 0 Å². The lowest BCUT2D eigenvalue weighted by Crippen LogP contribution is -2.27. The third-order valence-electron chi connectivity index (χ3n) is 1.98. The van der Waals surface area contributed by atoms with E-state index in [1.807, 2.05) is 0 Å². The topological polar surface area (TPSA) is 72.5 Å². The van der Waals surface area contributed by atoms with Crippen LogP contribution in [0.25, 0.3) is 0 Å². The van der Waals surface area contributed by atoms with E-state index in [0.29, 0.717) is 5.56 Å². The van der Waals surface area contributed by atoms with Crippen LogP contribution in [0.2, 0.25) is 0 Å². The van der Waals surface area contributed by atoms with Crippen LogP contribution >= 0.6 is 0 Å². The summed E-state index contributed by atoms with van der Waals surface area (Å²) in [6.45, 7) is 5.07. The number of halogens is 1. The first-order valence-electron chi connectivity index (χ1n) is 5.57. The lowest BCUT2D eigenvalue weighted by molar-refractivity contribution is 0.0635. The van der Waals surface area contributed by atoms with Gasteiger partial charge in [0.05, 0.1) is 11.4 Å². The zero-order valence-electron chi connectivity index (χ0n) is 10.9. The van der Waals surface area contributed by atoms with Crippen LogP contribution in [0.4, 0.5) is 14.9 Å². The van der Waals surface area contributed by atoms with Crippen molar-refractivity contribution in [3.8, 4) is 0 Å². The molecule has 0 saturated heterocycles. The monoisotopic (exact) mass is 289 g/mol. The number of hydrogen-bond donors (Lipinski definition) is 2. The van der Waals surface area contributed by atoms with Gasteiger partial charge in [0.1, 0.15) is 22.1 Å². The third kappa shape index (κ3) is 5.69. The van der Waals surface area contributed by atoms with Gasteiger partial charge in [-0.3, -0.25) is 5.32 Å². The number of benzene rings is 1. The summed E-state index contributed by atoms with van der Waals surface area (Å²) < 4.78 is 39.7. The first kappa shape index (κ1) is 15.4. The maximum Gasteiger partial charge on any atom is 0.412 e. The molecule has 0 bridgehead atoms. The zero-order valence-corrected chi connectivity index (χ0v) is 11.8. The Kier molecular flexibility index (Phi) is 4.88. The molecule has 0 spiro atoms. The van der Waals surface area contributed by atoms with Crippen LogP contribution in [-0.2, 0) is 21.2 Å². The standard InChI is InChI=1S/C12H16FNO4S/c1-12(2,3)18-11(15)14-10-5-4-8(6-9(10)13)7-19(16)17/h4-6,19H,7H2,1-3H3,(H,14,15). The van der Waals surface area contributed by atoms with Gasteiger partial charge in [-0.15, -0.1) is 0 Å². The van der Waals surface area contributed by atoms with Crippen LogP contribution in [0.15, 0.2) is 18.2 Å². The molecule has 0 aliphatic heterocycles. The molecule has 1 aromatic carbocycles. The Bertz CT molecular complexity index is 541. The number of nitrogens with one attached hydrogen (secondary N) is 1. The average molecular weight is 289 g/mol. The van der Waals surface area contributed by atoms with Crippen LogP contribution in [-0.4, -0.2) is 20.1 Å². The molecular weight excluding hydrogens is 273 g/mol. The number of anilines is 1. The van der Waals surface area contributed by atoms with Crippen molar-refractivity contribution in [3.63, 3.8) is 0 Å². The Morgan fingerprint density at radius 1 is 1.37 bits per heavy atom. The molecule has 5 nitrogen and oxygen atoms in total. The van der Waals surface area contributed by atoms with E-state index in [2.05, 4.69) is 5.32 Å². The Labute approximate surface area is 112 Å². The van der Waals surface area contributed by atoms with Crippen molar-refractivity contribution in [1.82, 2.24) is 0 Å². The molecule has 0 atom stereocenters. The summed E-state index contributed by atoms with van der Waals surface area (Å²) in [5.41, 5.74) is -0.413. The summed E-state index contributed by atoms with van der Waals surface area (Å²) in [7, 11) is -2.61. The maximum atomic E-state index is 13.6. The molecule has 7 heteroatoms. The van der Waals surface area contributed by atoms with Gasteiger partial charge in [-0.05, 0) is 38.5 Å². The van der Waals surface area contributed by atoms with Crippen LogP contribution in [0, 0.1) is 5.82 Å². The highest BCUT2D eigenvalue weighted by Gasteiger charge is 2.17. The average Bonchev–Trinajstić information content (AvgIpc) is 2.18. The smallest absolute Gasteiger partial charge is 0.412 e. The van der Waals surface area contributed by atoms with Crippen LogP contribution in [0.3, 0.4) is 0 Å². The number of thiol groups is 1. The summed E-state index contributed by atoms with van der Waals surface area (Å²) in [6.07, 6.45) is -0.769. The Balaban J connectivity index is 2.77. The Hall–Kier alpha value is -1.63. The predicted octanol–water partition coefficient (Wildman–Crippen LogP) is 2.28. The van der Waals surface area contributed by atoms with E-state index < -0.39 is 28.2 Å². The van der Waals surface area contributed by atoms with Crippen molar-refractivity contribution >= 4 is 22.5 Å². The van der Waals surface area contributed by atoms with Gasteiger partial charge < -0.3 is 4.74 Å². The van der Waals surface area contributed by atoms with Gasteiger partial charge in [-0.1, -0.05) is 6.07 Å². The molecule has 0 fully saturated rings. The summed E-state index contributed by atoms with van der Waals surface area (Å²) in [5.74, 6) is -0.945. The molecule has 0 heterocycles. The van der Waals surface area contributed by atoms with Crippen molar-refractivity contribution in [1.29, 1.82) is 0 Å². The highest BCUT2D eigenvalue weighted by molar-refractivity contribution is 7.71. The quantitative estimate of drug-likeness (QED) is 0.837. The molecule has 0 aliphatic rings. The molecule has 106 valence electrons. The van der Waals surface area contributed by atoms with Crippen LogP contribution < -0.4 is 5.32 Å². The normalized spacial score (nSPS) is 11.4. The van der Waals surface area contributed by atoms with Crippen molar-refractivity contribution in [3.05, 3.63) is 29.6 Å². The second kappa shape index (κ2) is 6.01. The third-order valence-corrected chi connectivity index (χ3v) is 2.60. The highest BCUT2D eigenvalue weighted by atomic mass is 32.2. The van der Waals surface area contributed by atoms with Gasteiger partial charge in [-0.2, -0.15) is 0 Å². The zero-order chi connectivity index (χ0) is 14.6. The lowest BCUT2D eigenvalue weighted by atomic mass is 10.2. The maximum absolute atomic E-state index is 13.6. The van der Waals surface area contributed by atoms with E-state index >= 15 is 0 Å². The second-order valence-corrected chi connectivity index (χ2v) is 5.91. The largest absolute Gasteiger partial charge is 0.444 e. The van der Waals surface area contributed by atoms with E-state index in [-0.39, 0.29) is 11.4 Å². The van der Waals surface area contributed by atoms with E-state index in [1.54, 1.807) is 20.8 Å². The molecule has 19 heavy (non-hydrogen) atoms. The molecule has 0 aromatic heterocycles. The minimum absolute atomic E-state index is 0.0564. The van der Waals surface area contributed by atoms with Gasteiger partial charge in [-0.25, -0.2) is 17.6 Å². The van der Waals surface area contributed by atoms with Crippen LogP contribution in [0.5, 0.6) is 0 Å². The van der Waals surface area contributed by atoms with Gasteiger partial charge in [0, 0.05) is 0 Å². The van der Waals surface area contributed by atoms with Crippen LogP contribution in [0.1, 0.15) is 26.3 Å². The molecule has 0 unspecified atom stereocenters. The van der Waals surface area contributed by atoms with Gasteiger partial charge >= 0.3 is 6.09 Å². The second-order valence-electron chi connectivity index (χ2n) is 4.93.